The maximum atomic E-state index is 12.8. The first-order valence-corrected chi connectivity index (χ1v) is 13.5. The SMILES string of the molecule is C[C@H](Oc1cccc(Cl)c1Cl)C(=O)N1CCN(c2ccc(S(=O)(=O)Nc3nccs3)cc2)C(=O)C1.[HH].[HH]. The Bertz CT molecular complexity index is 1350. The van der Waals surface area contributed by atoms with Crippen LogP contribution in [0.2, 0.25) is 10.0 Å². The quantitative estimate of drug-likeness (QED) is 0.460. The highest BCUT2D eigenvalue weighted by atomic mass is 35.5. The van der Waals surface area contributed by atoms with Gasteiger partial charge in [-0.05, 0) is 43.3 Å². The molecule has 0 unspecified atom stereocenters. The number of nitrogens with one attached hydrogen (secondary N) is 1. The van der Waals surface area contributed by atoms with Gasteiger partial charge >= 0.3 is 0 Å². The molecule has 1 saturated heterocycles. The Balaban J connectivity index is 0.00000241. The minimum absolute atomic E-state index is 0. The average molecular weight is 559 g/mol. The Morgan fingerprint density at radius 3 is 2.60 bits per heavy atom. The van der Waals surface area contributed by atoms with Crippen LogP contribution < -0.4 is 14.4 Å². The summed E-state index contributed by atoms with van der Waals surface area (Å²) in [4.78, 5) is 32.5. The minimum Gasteiger partial charge on any atom is -0.479 e. The molecule has 2 amide bonds. The van der Waals surface area contributed by atoms with E-state index in [4.69, 9.17) is 27.9 Å². The summed E-state index contributed by atoms with van der Waals surface area (Å²) in [5.41, 5.74) is 0.533. The van der Waals surface area contributed by atoms with Crippen LogP contribution in [-0.4, -0.2) is 55.9 Å². The molecule has 9 nitrogen and oxygen atoms in total. The molecule has 1 atom stereocenters. The number of halogens is 2. The van der Waals surface area contributed by atoms with Crippen molar-refractivity contribution in [3.8, 4) is 5.75 Å². The molecule has 4 rings (SSSR count). The van der Waals surface area contributed by atoms with Crippen molar-refractivity contribution in [2.45, 2.75) is 17.9 Å². The van der Waals surface area contributed by atoms with Crippen LogP contribution in [0.25, 0.3) is 0 Å². The van der Waals surface area contributed by atoms with E-state index in [9.17, 15) is 18.0 Å². The van der Waals surface area contributed by atoms with Crippen LogP contribution >= 0.6 is 34.5 Å². The smallest absolute Gasteiger partial charge is 0.263 e. The van der Waals surface area contributed by atoms with Crippen molar-refractivity contribution in [2.75, 3.05) is 29.3 Å². The highest BCUT2D eigenvalue weighted by molar-refractivity contribution is 7.93. The van der Waals surface area contributed by atoms with Gasteiger partial charge in [-0.1, -0.05) is 29.3 Å². The molecule has 188 valence electrons. The van der Waals surface area contributed by atoms with Crippen molar-refractivity contribution in [3.63, 3.8) is 0 Å². The number of ether oxygens (including phenoxy) is 1. The first kappa shape index (κ1) is 25.2. The molecule has 0 radical (unpaired) electrons. The van der Waals surface area contributed by atoms with Crippen molar-refractivity contribution in [2.24, 2.45) is 0 Å². The number of rotatable bonds is 7. The first-order valence-electron chi connectivity index (χ1n) is 10.4. The Hall–Kier alpha value is -2.86. The standard InChI is InChI=1S/C22H20Cl2N4O5S2.2H2/c1-14(33-18-4-2-3-17(23)20(18)24)21(30)27-10-11-28(19(29)13-27)15-5-7-16(8-6-15)35(31,32)26-22-25-9-12-34-22;;/h2-9,12,14H,10-11,13H2,1H3,(H,25,26);2*1H/t14-;;/m0../s1. The lowest BCUT2D eigenvalue weighted by atomic mass is 10.2. The second-order valence-electron chi connectivity index (χ2n) is 7.55. The summed E-state index contributed by atoms with van der Waals surface area (Å²) in [5.74, 6) is -0.373. The number of carbonyl (C=O) groups is 2. The Morgan fingerprint density at radius 1 is 1.20 bits per heavy atom. The Morgan fingerprint density at radius 2 is 1.94 bits per heavy atom. The number of piperazine rings is 1. The van der Waals surface area contributed by atoms with Crippen molar-refractivity contribution >= 4 is 67.2 Å². The van der Waals surface area contributed by atoms with Crippen LogP contribution in [-0.2, 0) is 19.6 Å². The molecule has 1 fully saturated rings. The zero-order valence-corrected chi connectivity index (χ0v) is 21.5. The molecular weight excluding hydrogens is 535 g/mol. The molecule has 35 heavy (non-hydrogen) atoms. The number of benzene rings is 2. The second-order valence-corrected chi connectivity index (χ2v) is 10.9. The second kappa shape index (κ2) is 10.4. The van der Waals surface area contributed by atoms with E-state index < -0.39 is 16.1 Å². The van der Waals surface area contributed by atoms with E-state index >= 15 is 0 Å². The number of anilines is 2. The summed E-state index contributed by atoms with van der Waals surface area (Å²) in [7, 11) is -3.80. The lowest BCUT2D eigenvalue weighted by Gasteiger charge is -2.35. The van der Waals surface area contributed by atoms with Crippen LogP contribution in [0.1, 0.15) is 9.78 Å². The fraction of sp³-hybridized carbons (Fsp3) is 0.227. The van der Waals surface area contributed by atoms with E-state index in [1.807, 2.05) is 0 Å². The normalized spacial score (nSPS) is 15.1. The number of sulfonamides is 1. The first-order chi connectivity index (χ1) is 16.7. The molecule has 1 aromatic heterocycles. The summed E-state index contributed by atoms with van der Waals surface area (Å²) in [6, 6.07) is 10.8. The minimum atomic E-state index is -3.80. The number of hydrogen-bond acceptors (Lipinski definition) is 7. The average Bonchev–Trinajstić information content (AvgIpc) is 3.34. The summed E-state index contributed by atoms with van der Waals surface area (Å²) >= 11 is 13.3. The third-order valence-electron chi connectivity index (χ3n) is 5.21. The van der Waals surface area contributed by atoms with Gasteiger partial charge < -0.3 is 14.5 Å². The van der Waals surface area contributed by atoms with E-state index in [0.717, 1.165) is 0 Å². The van der Waals surface area contributed by atoms with Gasteiger partial charge in [0.05, 0.1) is 9.92 Å². The largest absolute Gasteiger partial charge is 0.479 e. The van der Waals surface area contributed by atoms with Crippen LogP contribution in [0.3, 0.4) is 0 Å². The Labute approximate surface area is 219 Å². The topological polar surface area (TPSA) is 109 Å². The van der Waals surface area contributed by atoms with E-state index in [1.165, 1.54) is 39.5 Å². The fourth-order valence-electron chi connectivity index (χ4n) is 3.46. The van der Waals surface area contributed by atoms with E-state index in [2.05, 4.69) is 9.71 Å². The number of amides is 2. The number of carbonyl (C=O) groups excluding carboxylic acids is 2. The van der Waals surface area contributed by atoms with Gasteiger partial charge in [0.25, 0.3) is 15.9 Å². The molecule has 1 N–H and O–H groups in total. The van der Waals surface area contributed by atoms with Gasteiger partial charge in [-0.3, -0.25) is 14.3 Å². The zero-order chi connectivity index (χ0) is 25.2. The summed E-state index contributed by atoms with van der Waals surface area (Å²) in [6.07, 6.45) is 0.626. The van der Waals surface area contributed by atoms with E-state index in [-0.39, 0.29) is 55.1 Å². The molecule has 2 heterocycles. The van der Waals surface area contributed by atoms with Gasteiger partial charge in [0.2, 0.25) is 5.91 Å². The van der Waals surface area contributed by atoms with Gasteiger partial charge in [-0.2, -0.15) is 0 Å². The van der Waals surface area contributed by atoms with E-state index in [0.29, 0.717) is 10.7 Å². The lowest BCUT2D eigenvalue weighted by molar-refractivity contribution is -0.142. The molecule has 1 aliphatic rings. The van der Waals surface area contributed by atoms with Gasteiger partial charge in [0, 0.05) is 33.2 Å². The zero-order valence-electron chi connectivity index (χ0n) is 18.4. The molecule has 3 aromatic rings. The van der Waals surface area contributed by atoms with Crippen molar-refractivity contribution < 1.29 is 25.6 Å². The predicted octanol–water partition coefficient (Wildman–Crippen LogP) is 4.39. The van der Waals surface area contributed by atoms with Crippen molar-refractivity contribution in [1.82, 2.24) is 9.88 Å². The fourth-order valence-corrected chi connectivity index (χ4v) is 5.59. The van der Waals surface area contributed by atoms with Gasteiger partial charge in [-0.15, -0.1) is 11.3 Å². The molecule has 0 aliphatic carbocycles. The summed E-state index contributed by atoms with van der Waals surface area (Å²) in [5, 5.41) is 2.45. The summed E-state index contributed by atoms with van der Waals surface area (Å²) in [6.45, 7) is 1.97. The Kier molecular flexibility index (Phi) is 7.50. The van der Waals surface area contributed by atoms with Gasteiger partial charge in [-0.25, -0.2) is 13.4 Å². The maximum Gasteiger partial charge on any atom is 0.263 e. The molecule has 0 spiro atoms. The molecule has 0 bridgehead atoms. The molecule has 2 aromatic carbocycles. The molecule has 13 heteroatoms. The van der Waals surface area contributed by atoms with Crippen LogP contribution in [0.5, 0.6) is 5.75 Å². The van der Waals surface area contributed by atoms with Crippen LogP contribution in [0.4, 0.5) is 10.8 Å². The molecule has 0 saturated carbocycles. The molecule has 1 aliphatic heterocycles. The van der Waals surface area contributed by atoms with Gasteiger partial charge in [0.1, 0.15) is 17.3 Å². The number of aromatic nitrogens is 1. The monoisotopic (exact) mass is 558 g/mol. The van der Waals surface area contributed by atoms with Crippen molar-refractivity contribution in [3.05, 3.63) is 64.1 Å². The van der Waals surface area contributed by atoms with Crippen molar-refractivity contribution in [1.29, 1.82) is 0 Å². The lowest BCUT2D eigenvalue weighted by Crippen LogP contribution is -2.54. The maximum absolute atomic E-state index is 12.8. The van der Waals surface area contributed by atoms with Crippen LogP contribution in [0.15, 0.2) is 58.9 Å². The highest BCUT2D eigenvalue weighted by Gasteiger charge is 2.31. The molecular formula is C22H24Cl2N4O5S2. The number of hydrogen-bond donors (Lipinski definition) is 1. The predicted molar refractivity (Wildman–Crippen MR) is 139 cm³/mol. The third kappa shape index (κ3) is 5.69. The third-order valence-corrected chi connectivity index (χ3v) is 8.19. The van der Waals surface area contributed by atoms with Gasteiger partial charge in [0.15, 0.2) is 11.2 Å². The number of nitrogens with zero attached hydrogens (tertiary/aromatic N) is 3. The number of thiazole rings is 1. The van der Waals surface area contributed by atoms with Crippen LogP contribution in [0, 0.1) is 0 Å². The summed E-state index contributed by atoms with van der Waals surface area (Å²) < 4.78 is 33.1. The highest BCUT2D eigenvalue weighted by Crippen LogP contribution is 2.32. The van der Waals surface area contributed by atoms with E-state index in [1.54, 1.807) is 42.6 Å².